The molecule has 0 aromatic heterocycles. The van der Waals surface area contributed by atoms with Gasteiger partial charge in [0, 0.05) is 24.7 Å². The second-order valence-corrected chi connectivity index (χ2v) is 3.54. The fourth-order valence-corrected chi connectivity index (χ4v) is 1.53. The topological polar surface area (TPSA) is 34.1 Å². The molecule has 0 amide bonds. The maximum atomic E-state index is 11.3. The van der Waals surface area contributed by atoms with Crippen molar-refractivity contribution in [3.63, 3.8) is 0 Å². The zero-order chi connectivity index (χ0) is 8.43. The molecule has 1 aliphatic rings. The molecular formula is C9H14O2. The van der Waals surface area contributed by atoms with Crippen molar-refractivity contribution in [3.8, 4) is 0 Å². The first-order valence-corrected chi connectivity index (χ1v) is 4.16. The van der Waals surface area contributed by atoms with Crippen LogP contribution in [0, 0.1) is 11.8 Å². The minimum atomic E-state index is 0.0440. The Morgan fingerprint density at radius 1 is 1.55 bits per heavy atom. The van der Waals surface area contributed by atoms with Crippen LogP contribution in [0.15, 0.2) is 0 Å². The van der Waals surface area contributed by atoms with E-state index in [4.69, 9.17) is 0 Å². The molecule has 0 heterocycles. The van der Waals surface area contributed by atoms with Crippen molar-refractivity contribution in [3.05, 3.63) is 0 Å². The maximum Gasteiger partial charge on any atom is 0.138 e. The van der Waals surface area contributed by atoms with Crippen molar-refractivity contribution in [1.82, 2.24) is 0 Å². The second-order valence-electron chi connectivity index (χ2n) is 3.54. The first-order chi connectivity index (χ1) is 5.11. The van der Waals surface area contributed by atoms with Gasteiger partial charge in [-0.3, -0.25) is 9.59 Å². The Bertz CT molecular complexity index is 182. The van der Waals surface area contributed by atoms with Crippen LogP contribution in [0.1, 0.15) is 33.1 Å². The molecule has 11 heavy (non-hydrogen) atoms. The molecular weight excluding hydrogens is 140 g/mol. The summed E-state index contributed by atoms with van der Waals surface area (Å²) < 4.78 is 0. The predicted octanol–water partition coefficient (Wildman–Crippen LogP) is 1.58. The van der Waals surface area contributed by atoms with Crippen molar-refractivity contribution in [2.45, 2.75) is 33.1 Å². The molecule has 0 unspecified atom stereocenters. The number of rotatable bonds is 2. The summed E-state index contributed by atoms with van der Waals surface area (Å²) in [5, 5.41) is 0. The molecule has 2 nitrogen and oxygen atoms in total. The standard InChI is InChI=1S/C9H14O2/c1-6(2)9(11)7-3-4-8(10)5-7/h6-7H,3-5H2,1-2H3/t7-/m0/s1. The van der Waals surface area contributed by atoms with Gasteiger partial charge in [0.2, 0.25) is 0 Å². The SMILES string of the molecule is CC(C)C(=O)[C@H]1CCC(=O)C1. The average Bonchev–Trinajstić information content (AvgIpc) is 2.34. The summed E-state index contributed by atoms with van der Waals surface area (Å²) in [7, 11) is 0. The molecule has 0 aromatic carbocycles. The molecule has 0 radical (unpaired) electrons. The van der Waals surface area contributed by atoms with Gasteiger partial charge in [-0.1, -0.05) is 13.8 Å². The Kier molecular flexibility index (Phi) is 2.42. The van der Waals surface area contributed by atoms with Crippen LogP contribution < -0.4 is 0 Å². The van der Waals surface area contributed by atoms with Gasteiger partial charge in [-0.05, 0) is 6.42 Å². The van der Waals surface area contributed by atoms with E-state index in [-0.39, 0.29) is 23.4 Å². The molecule has 0 N–H and O–H groups in total. The highest BCUT2D eigenvalue weighted by Gasteiger charge is 2.29. The van der Waals surface area contributed by atoms with Crippen LogP contribution >= 0.6 is 0 Å². The van der Waals surface area contributed by atoms with Crippen LogP contribution in [-0.4, -0.2) is 11.6 Å². The van der Waals surface area contributed by atoms with E-state index in [0.29, 0.717) is 12.8 Å². The van der Waals surface area contributed by atoms with E-state index < -0.39 is 0 Å². The van der Waals surface area contributed by atoms with Gasteiger partial charge in [-0.15, -0.1) is 0 Å². The Hall–Kier alpha value is -0.660. The molecule has 0 spiro atoms. The summed E-state index contributed by atoms with van der Waals surface area (Å²) in [6.45, 7) is 3.79. The predicted molar refractivity (Wildman–Crippen MR) is 42.2 cm³/mol. The highest BCUT2D eigenvalue weighted by Crippen LogP contribution is 2.25. The lowest BCUT2D eigenvalue weighted by Gasteiger charge is -2.08. The zero-order valence-corrected chi connectivity index (χ0v) is 7.09. The number of hydrogen-bond donors (Lipinski definition) is 0. The normalized spacial score (nSPS) is 24.6. The molecule has 2 heteroatoms. The highest BCUT2D eigenvalue weighted by atomic mass is 16.1. The van der Waals surface area contributed by atoms with Gasteiger partial charge in [0.25, 0.3) is 0 Å². The van der Waals surface area contributed by atoms with E-state index in [1.165, 1.54) is 0 Å². The van der Waals surface area contributed by atoms with Crippen molar-refractivity contribution in [2.24, 2.45) is 11.8 Å². The van der Waals surface area contributed by atoms with E-state index in [1.54, 1.807) is 0 Å². The fourth-order valence-electron chi connectivity index (χ4n) is 1.53. The third kappa shape index (κ3) is 1.88. The van der Waals surface area contributed by atoms with Crippen molar-refractivity contribution < 1.29 is 9.59 Å². The minimum Gasteiger partial charge on any atom is -0.300 e. The average molecular weight is 154 g/mol. The van der Waals surface area contributed by atoms with Gasteiger partial charge < -0.3 is 0 Å². The quantitative estimate of drug-likeness (QED) is 0.605. The summed E-state index contributed by atoms with van der Waals surface area (Å²) in [4.78, 5) is 22.2. The highest BCUT2D eigenvalue weighted by molar-refractivity contribution is 5.91. The Morgan fingerprint density at radius 2 is 2.18 bits per heavy atom. The van der Waals surface area contributed by atoms with Gasteiger partial charge in [0.05, 0.1) is 0 Å². The maximum absolute atomic E-state index is 11.3. The first-order valence-electron chi connectivity index (χ1n) is 4.16. The van der Waals surface area contributed by atoms with Crippen LogP contribution in [0.25, 0.3) is 0 Å². The molecule has 1 saturated carbocycles. The number of Topliss-reactive ketones (excluding diaryl/α,β-unsaturated/α-hetero) is 2. The van der Waals surface area contributed by atoms with Gasteiger partial charge in [0.1, 0.15) is 11.6 Å². The largest absolute Gasteiger partial charge is 0.300 e. The van der Waals surface area contributed by atoms with E-state index in [1.807, 2.05) is 13.8 Å². The monoisotopic (exact) mass is 154 g/mol. The molecule has 0 aromatic rings. The summed E-state index contributed by atoms with van der Waals surface area (Å²) >= 11 is 0. The number of carbonyl (C=O) groups excluding carboxylic acids is 2. The summed E-state index contributed by atoms with van der Waals surface area (Å²) in [6.07, 6.45) is 1.90. The minimum absolute atomic E-state index is 0.0440. The zero-order valence-electron chi connectivity index (χ0n) is 7.09. The number of ketones is 2. The molecule has 0 aliphatic heterocycles. The van der Waals surface area contributed by atoms with Gasteiger partial charge in [-0.25, -0.2) is 0 Å². The molecule has 0 saturated heterocycles. The summed E-state index contributed by atoms with van der Waals surface area (Å²) in [5.74, 6) is 0.647. The number of hydrogen-bond acceptors (Lipinski definition) is 2. The van der Waals surface area contributed by atoms with Gasteiger partial charge in [0.15, 0.2) is 0 Å². The van der Waals surface area contributed by atoms with E-state index in [2.05, 4.69) is 0 Å². The van der Waals surface area contributed by atoms with Crippen LogP contribution in [0.4, 0.5) is 0 Å². The molecule has 1 rings (SSSR count). The van der Waals surface area contributed by atoms with Gasteiger partial charge in [-0.2, -0.15) is 0 Å². The molecule has 1 aliphatic carbocycles. The third-order valence-corrected chi connectivity index (χ3v) is 2.22. The Balaban J connectivity index is 2.50. The van der Waals surface area contributed by atoms with Crippen molar-refractivity contribution in [2.75, 3.05) is 0 Å². The molecule has 0 bridgehead atoms. The van der Waals surface area contributed by atoms with Crippen molar-refractivity contribution in [1.29, 1.82) is 0 Å². The van der Waals surface area contributed by atoms with Crippen LogP contribution in [-0.2, 0) is 9.59 Å². The van der Waals surface area contributed by atoms with Crippen molar-refractivity contribution >= 4 is 11.6 Å². The second kappa shape index (κ2) is 3.16. The third-order valence-electron chi connectivity index (χ3n) is 2.22. The Labute approximate surface area is 67.0 Å². The lowest BCUT2D eigenvalue weighted by molar-refractivity contribution is -0.127. The lowest BCUT2D eigenvalue weighted by atomic mass is 9.94. The van der Waals surface area contributed by atoms with E-state index >= 15 is 0 Å². The molecule has 1 atom stereocenters. The number of carbonyl (C=O) groups is 2. The molecule has 62 valence electrons. The lowest BCUT2D eigenvalue weighted by Crippen LogP contribution is -2.17. The van der Waals surface area contributed by atoms with E-state index in [9.17, 15) is 9.59 Å². The fraction of sp³-hybridized carbons (Fsp3) is 0.778. The van der Waals surface area contributed by atoms with Gasteiger partial charge >= 0.3 is 0 Å². The smallest absolute Gasteiger partial charge is 0.138 e. The molecule has 1 fully saturated rings. The summed E-state index contributed by atoms with van der Waals surface area (Å²) in [5.41, 5.74) is 0. The van der Waals surface area contributed by atoms with Crippen LogP contribution in [0.2, 0.25) is 0 Å². The van der Waals surface area contributed by atoms with Crippen LogP contribution in [0.5, 0.6) is 0 Å². The van der Waals surface area contributed by atoms with Crippen LogP contribution in [0.3, 0.4) is 0 Å². The summed E-state index contributed by atoms with van der Waals surface area (Å²) in [6, 6.07) is 0. The Morgan fingerprint density at radius 3 is 2.55 bits per heavy atom. The van der Waals surface area contributed by atoms with E-state index in [0.717, 1.165) is 6.42 Å². The first kappa shape index (κ1) is 8.44.